The van der Waals surface area contributed by atoms with Gasteiger partial charge in [-0.1, -0.05) is 25.3 Å². The van der Waals surface area contributed by atoms with Crippen molar-refractivity contribution in [3.63, 3.8) is 0 Å². The Balaban J connectivity index is 1.48. The molecule has 2 aliphatic rings. The largest absolute Gasteiger partial charge is 0.444 e. The molecule has 0 radical (unpaired) electrons. The topological polar surface area (TPSA) is 54.5 Å². The van der Waals surface area contributed by atoms with E-state index in [0.29, 0.717) is 13.1 Å². The predicted molar refractivity (Wildman–Crippen MR) is 85.7 cm³/mol. The summed E-state index contributed by atoms with van der Waals surface area (Å²) in [6.07, 6.45) is 8.39. The monoisotopic (exact) mass is 303 g/mol. The Morgan fingerprint density at radius 3 is 2.77 bits per heavy atom. The SMILES string of the molecule is C[C@@H]1CN(Cc2ccc(NCC3CCCCC3)nc2)C(=O)O1. The Labute approximate surface area is 132 Å². The molecule has 1 amide bonds. The summed E-state index contributed by atoms with van der Waals surface area (Å²) in [5, 5.41) is 3.43. The van der Waals surface area contributed by atoms with E-state index in [4.69, 9.17) is 4.74 Å². The van der Waals surface area contributed by atoms with Crippen molar-refractivity contribution in [3.8, 4) is 0 Å². The highest BCUT2D eigenvalue weighted by Crippen LogP contribution is 2.23. The van der Waals surface area contributed by atoms with Gasteiger partial charge in [-0.3, -0.25) is 0 Å². The highest BCUT2D eigenvalue weighted by molar-refractivity contribution is 5.69. The van der Waals surface area contributed by atoms with Crippen molar-refractivity contribution in [1.29, 1.82) is 0 Å². The molecular formula is C17H25N3O2. The van der Waals surface area contributed by atoms with Gasteiger partial charge >= 0.3 is 6.09 Å². The molecular weight excluding hydrogens is 278 g/mol. The van der Waals surface area contributed by atoms with Crippen molar-refractivity contribution in [3.05, 3.63) is 23.9 Å². The standard InChI is InChI=1S/C17H25N3O2/c1-13-11-20(17(21)22-13)12-15-7-8-16(19-10-15)18-9-14-5-3-2-4-6-14/h7-8,10,13-14H,2-6,9,11-12H2,1H3,(H,18,19)/t13-/m1/s1. The molecule has 3 rings (SSSR count). The third-order valence-corrected chi connectivity index (χ3v) is 4.53. The van der Waals surface area contributed by atoms with E-state index in [1.54, 1.807) is 4.90 Å². The Kier molecular flexibility index (Phi) is 4.80. The lowest BCUT2D eigenvalue weighted by molar-refractivity contribution is 0.137. The first-order valence-corrected chi connectivity index (χ1v) is 8.35. The highest BCUT2D eigenvalue weighted by atomic mass is 16.6. The normalized spacial score (nSPS) is 22.7. The average molecular weight is 303 g/mol. The molecule has 0 unspecified atom stereocenters. The lowest BCUT2D eigenvalue weighted by Crippen LogP contribution is -2.24. The number of ether oxygens (including phenoxy) is 1. The van der Waals surface area contributed by atoms with Gasteiger partial charge in [-0.15, -0.1) is 0 Å². The number of nitrogens with zero attached hydrogens (tertiary/aromatic N) is 2. The lowest BCUT2D eigenvalue weighted by atomic mass is 9.89. The molecule has 22 heavy (non-hydrogen) atoms. The van der Waals surface area contributed by atoms with Crippen molar-refractivity contribution < 1.29 is 9.53 Å². The molecule has 0 spiro atoms. The van der Waals surface area contributed by atoms with E-state index in [2.05, 4.69) is 10.3 Å². The van der Waals surface area contributed by atoms with Crippen molar-refractivity contribution >= 4 is 11.9 Å². The summed E-state index contributed by atoms with van der Waals surface area (Å²) in [5.41, 5.74) is 1.04. The number of carbonyl (C=O) groups is 1. The summed E-state index contributed by atoms with van der Waals surface area (Å²) in [4.78, 5) is 17.8. The third kappa shape index (κ3) is 3.90. The zero-order valence-corrected chi connectivity index (χ0v) is 13.3. The Bertz CT molecular complexity index is 497. The maximum Gasteiger partial charge on any atom is 0.410 e. The molecule has 0 bridgehead atoms. The van der Waals surface area contributed by atoms with Gasteiger partial charge in [0.15, 0.2) is 0 Å². The number of pyridine rings is 1. The minimum absolute atomic E-state index is 0.0168. The van der Waals surface area contributed by atoms with Gasteiger partial charge < -0.3 is 15.0 Å². The minimum atomic E-state index is -0.230. The predicted octanol–water partition coefficient (Wildman–Crippen LogP) is 3.41. The Hall–Kier alpha value is -1.78. The van der Waals surface area contributed by atoms with Crippen LogP contribution in [-0.2, 0) is 11.3 Å². The first kappa shape index (κ1) is 15.1. The van der Waals surface area contributed by atoms with Gasteiger partial charge in [-0.05, 0) is 37.3 Å². The first-order chi connectivity index (χ1) is 10.7. The van der Waals surface area contributed by atoms with Gasteiger partial charge in [0.05, 0.1) is 13.1 Å². The van der Waals surface area contributed by atoms with Crippen LogP contribution in [0, 0.1) is 5.92 Å². The fourth-order valence-corrected chi connectivity index (χ4v) is 3.28. The number of hydrogen-bond acceptors (Lipinski definition) is 4. The third-order valence-electron chi connectivity index (χ3n) is 4.53. The van der Waals surface area contributed by atoms with Crippen LogP contribution in [-0.4, -0.2) is 35.2 Å². The first-order valence-electron chi connectivity index (χ1n) is 8.35. The molecule has 2 fully saturated rings. The molecule has 5 nitrogen and oxygen atoms in total. The molecule has 120 valence electrons. The van der Waals surface area contributed by atoms with Crippen molar-refractivity contribution in [2.75, 3.05) is 18.4 Å². The molecule has 0 aromatic carbocycles. The van der Waals surface area contributed by atoms with Gasteiger partial charge in [0.25, 0.3) is 0 Å². The molecule has 1 aromatic heterocycles. The van der Waals surface area contributed by atoms with Crippen molar-refractivity contribution in [2.24, 2.45) is 5.92 Å². The lowest BCUT2D eigenvalue weighted by Gasteiger charge is -2.22. The van der Waals surface area contributed by atoms with Crippen LogP contribution in [0.5, 0.6) is 0 Å². The van der Waals surface area contributed by atoms with E-state index in [1.807, 2.05) is 25.3 Å². The van der Waals surface area contributed by atoms with Crippen LogP contribution in [0.25, 0.3) is 0 Å². The van der Waals surface area contributed by atoms with Gasteiger partial charge in [0.2, 0.25) is 0 Å². The summed E-state index contributed by atoms with van der Waals surface area (Å²) >= 11 is 0. The fourth-order valence-electron chi connectivity index (χ4n) is 3.28. The second-order valence-corrected chi connectivity index (χ2v) is 6.51. The number of anilines is 1. The van der Waals surface area contributed by atoms with Crippen LogP contribution in [0.1, 0.15) is 44.6 Å². The van der Waals surface area contributed by atoms with Crippen LogP contribution in [0.3, 0.4) is 0 Å². The van der Waals surface area contributed by atoms with Crippen LogP contribution in [0.15, 0.2) is 18.3 Å². The molecule has 2 heterocycles. The zero-order chi connectivity index (χ0) is 15.4. The van der Waals surface area contributed by atoms with Crippen LogP contribution in [0.4, 0.5) is 10.6 Å². The number of cyclic esters (lactones) is 1. The number of aromatic nitrogens is 1. The van der Waals surface area contributed by atoms with Crippen molar-refractivity contribution in [2.45, 2.75) is 51.7 Å². The number of amides is 1. The van der Waals surface area contributed by atoms with Gasteiger partial charge in [-0.25, -0.2) is 9.78 Å². The maximum absolute atomic E-state index is 11.6. The Morgan fingerprint density at radius 1 is 1.32 bits per heavy atom. The minimum Gasteiger partial charge on any atom is -0.444 e. The molecule has 1 aliphatic heterocycles. The Morgan fingerprint density at radius 2 is 2.14 bits per heavy atom. The number of rotatable bonds is 5. The summed E-state index contributed by atoms with van der Waals surface area (Å²) in [5.74, 6) is 1.71. The molecule has 1 N–H and O–H groups in total. The summed E-state index contributed by atoms with van der Waals surface area (Å²) < 4.78 is 5.13. The molecule has 1 aliphatic carbocycles. The van der Waals surface area contributed by atoms with Gasteiger partial charge in [-0.2, -0.15) is 0 Å². The highest BCUT2D eigenvalue weighted by Gasteiger charge is 2.27. The maximum atomic E-state index is 11.6. The van der Waals surface area contributed by atoms with E-state index >= 15 is 0 Å². The van der Waals surface area contributed by atoms with Crippen LogP contribution in [0.2, 0.25) is 0 Å². The zero-order valence-electron chi connectivity index (χ0n) is 13.3. The van der Waals surface area contributed by atoms with E-state index in [1.165, 1.54) is 32.1 Å². The number of carbonyl (C=O) groups excluding carboxylic acids is 1. The van der Waals surface area contributed by atoms with Gasteiger partial charge in [0.1, 0.15) is 11.9 Å². The quantitative estimate of drug-likeness (QED) is 0.905. The number of hydrogen-bond donors (Lipinski definition) is 1. The van der Waals surface area contributed by atoms with Gasteiger partial charge in [0, 0.05) is 12.7 Å². The van der Waals surface area contributed by atoms with E-state index in [9.17, 15) is 4.79 Å². The smallest absolute Gasteiger partial charge is 0.410 e. The molecule has 1 atom stereocenters. The number of nitrogens with one attached hydrogen (secondary N) is 1. The van der Waals surface area contributed by atoms with E-state index in [-0.39, 0.29) is 12.2 Å². The average Bonchev–Trinajstić information content (AvgIpc) is 2.85. The second kappa shape index (κ2) is 6.99. The summed E-state index contributed by atoms with van der Waals surface area (Å²) in [7, 11) is 0. The second-order valence-electron chi connectivity index (χ2n) is 6.51. The van der Waals surface area contributed by atoms with Crippen LogP contribution < -0.4 is 5.32 Å². The van der Waals surface area contributed by atoms with Crippen molar-refractivity contribution in [1.82, 2.24) is 9.88 Å². The van der Waals surface area contributed by atoms with E-state index in [0.717, 1.165) is 23.8 Å². The van der Waals surface area contributed by atoms with E-state index < -0.39 is 0 Å². The summed E-state index contributed by atoms with van der Waals surface area (Å²) in [6, 6.07) is 4.04. The fraction of sp³-hybridized carbons (Fsp3) is 0.647. The molecule has 1 saturated heterocycles. The molecule has 1 aromatic rings. The summed E-state index contributed by atoms with van der Waals surface area (Å²) in [6.45, 7) is 4.15. The molecule has 5 heteroatoms. The van der Waals surface area contributed by atoms with Crippen LogP contribution >= 0.6 is 0 Å². The molecule has 1 saturated carbocycles.